The molecule has 0 saturated carbocycles. The number of H-pyrrole nitrogens is 1. The van der Waals surface area contributed by atoms with Crippen LogP contribution in [0.4, 0.5) is 0 Å². The van der Waals surface area contributed by atoms with Gasteiger partial charge in [-0.1, -0.05) is 12.1 Å². The molecule has 1 aromatic heterocycles. The zero-order valence-corrected chi connectivity index (χ0v) is 12.1. The van der Waals surface area contributed by atoms with Crippen molar-refractivity contribution in [2.24, 2.45) is 0 Å². The number of halogens is 1. The Kier molecular flexibility index (Phi) is 2.97. The number of nitriles is 1. The highest BCUT2D eigenvalue weighted by Crippen LogP contribution is 2.26. The van der Waals surface area contributed by atoms with Crippen LogP contribution in [0.3, 0.4) is 0 Å². The molecule has 0 spiro atoms. The fourth-order valence-corrected chi connectivity index (χ4v) is 2.91. The highest BCUT2D eigenvalue weighted by Gasteiger charge is 2.09. The number of fused-ring (bicyclic) bond motifs is 1. The highest BCUT2D eigenvalue weighted by molar-refractivity contribution is 9.10. The van der Waals surface area contributed by atoms with Crippen molar-refractivity contribution in [3.05, 3.63) is 57.3 Å². The van der Waals surface area contributed by atoms with Gasteiger partial charge in [0.25, 0.3) is 0 Å². The lowest BCUT2D eigenvalue weighted by Crippen LogP contribution is -1.95. The van der Waals surface area contributed by atoms with E-state index >= 15 is 0 Å². The van der Waals surface area contributed by atoms with Crippen LogP contribution < -0.4 is 0 Å². The Hall–Kier alpha value is -1.90. The Labute approximate surface area is 123 Å². The van der Waals surface area contributed by atoms with E-state index in [1.54, 1.807) is 12.1 Å². The topological polar surface area (TPSA) is 44.5 Å². The average Bonchev–Trinajstić information content (AvgIpc) is 2.75. The molecule has 3 rings (SSSR count). The lowest BCUT2D eigenvalue weighted by atomic mass is 10.2. The molecule has 0 bridgehead atoms. The maximum Gasteiger partial charge on any atom is 0.182 e. The summed E-state index contributed by atoms with van der Waals surface area (Å²) in [6, 6.07) is 15.5. The second kappa shape index (κ2) is 4.65. The van der Waals surface area contributed by atoms with E-state index < -0.39 is 0 Å². The van der Waals surface area contributed by atoms with E-state index in [-0.39, 0.29) is 0 Å². The molecular weight excluding hydrogens is 322 g/mol. The van der Waals surface area contributed by atoms with Gasteiger partial charge in [0.15, 0.2) is 4.77 Å². The third-order valence-electron chi connectivity index (χ3n) is 2.91. The average molecular weight is 330 g/mol. The van der Waals surface area contributed by atoms with Gasteiger partial charge in [-0.2, -0.15) is 5.26 Å². The van der Waals surface area contributed by atoms with Crippen molar-refractivity contribution in [2.45, 2.75) is 0 Å². The summed E-state index contributed by atoms with van der Waals surface area (Å²) in [6.45, 7) is 0. The van der Waals surface area contributed by atoms with Gasteiger partial charge in [-0.15, -0.1) is 0 Å². The first-order chi connectivity index (χ1) is 9.20. The number of imidazole rings is 1. The summed E-state index contributed by atoms with van der Waals surface area (Å²) in [5.74, 6) is 0. The predicted octanol–water partition coefficient (Wildman–Crippen LogP) is 4.32. The van der Waals surface area contributed by atoms with Gasteiger partial charge in [-0.3, -0.25) is 4.57 Å². The monoisotopic (exact) mass is 329 g/mol. The van der Waals surface area contributed by atoms with Gasteiger partial charge in [-0.05, 0) is 58.5 Å². The van der Waals surface area contributed by atoms with Crippen LogP contribution >= 0.6 is 28.1 Å². The van der Waals surface area contributed by atoms with E-state index in [4.69, 9.17) is 17.5 Å². The molecular formula is C14H8BrN3S. The fraction of sp³-hybridized carbons (Fsp3) is 0. The van der Waals surface area contributed by atoms with E-state index in [0.29, 0.717) is 10.3 Å². The Morgan fingerprint density at radius 2 is 2.00 bits per heavy atom. The maximum absolute atomic E-state index is 8.91. The first kappa shape index (κ1) is 12.2. The molecule has 3 nitrogen and oxygen atoms in total. The minimum atomic E-state index is 0.613. The number of aromatic nitrogens is 2. The van der Waals surface area contributed by atoms with Crippen molar-refractivity contribution in [3.63, 3.8) is 0 Å². The van der Waals surface area contributed by atoms with E-state index in [2.05, 4.69) is 27.0 Å². The van der Waals surface area contributed by atoms with Crippen LogP contribution in [0.5, 0.6) is 0 Å². The first-order valence-corrected chi connectivity index (χ1v) is 6.80. The lowest BCUT2D eigenvalue weighted by molar-refractivity contribution is 1.06. The lowest BCUT2D eigenvalue weighted by Gasteiger charge is -2.07. The van der Waals surface area contributed by atoms with Gasteiger partial charge in [0.1, 0.15) is 0 Å². The minimum absolute atomic E-state index is 0.613. The minimum Gasteiger partial charge on any atom is -0.330 e. The largest absolute Gasteiger partial charge is 0.330 e. The Morgan fingerprint density at radius 1 is 1.21 bits per heavy atom. The van der Waals surface area contributed by atoms with E-state index in [0.717, 1.165) is 21.2 Å². The quantitative estimate of drug-likeness (QED) is 0.675. The molecule has 0 radical (unpaired) electrons. The number of aromatic amines is 1. The number of nitrogens with one attached hydrogen (secondary N) is 1. The van der Waals surface area contributed by atoms with Crippen LogP contribution in [0.15, 0.2) is 46.9 Å². The van der Waals surface area contributed by atoms with Gasteiger partial charge in [-0.25, -0.2) is 0 Å². The van der Waals surface area contributed by atoms with Crippen LogP contribution in [-0.2, 0) is 0 Å². The molecule has 1 heterocycles. The zero-order chi connectivity index (χ0) is 13.4. The van der Waals surface area contributed by atoms with E-state index in [9.17, 15) is 0 Å². The SMILES string of the molecule is N#Cc1ccc(-n2c(=S)[nH]c3ccccc32)c(Br)c1. The second-order valence-electron chi connectivity index (χ2n) is 4.06. The molecule has 3 aromatic rings. The van der Waals surface area contributed by atoms with Crippen molar-refractivity contribution in [3.8, 4) is 11.8 Å². The van der Waals surface area contributed by atoms with E-state index in [1.165, 1.54) is 0 Å². The predicted molar refractivity (Wildman–Crippen MR) is 80.9 cm³/mol. The normalized spacial score (nSPS) is 10.5. The molecule has 19 heavy (non-hydrogen) atoms. The molecule has 0 fully saturated rings. The zero-order valence-electron chi connectivity index (χ0n) is 9.72. The van der Waals surface area contributed by atoms with Gasteiger partial charge in [0.2, 0.25) is 0 Å². The summed E-state index contributed by atoms with van der Waals surface area (Å²) in [4.78, 5) is 3.17. The van der Waals surface area contributed by atoms with Gasteiger partial charge in [0, 0.05) is 4.47 Å². The van der Waals surface area contributed by atoms with Crippen LogP contribution in [0.1, 0.15) is 5.56 Å². The van der Waals surface area contributed by atoms with Crippen molar-refractivity contribution >= 4 is 39.2 Å². The third kappa shape index (κ3) is 1.99. The van der Waals surface area contributed by atoms with Crippen LogP contribution in [0.25, 0.3) is 16.7 Å². The molecule has 1 N–H and O–H groups in total. The molecule has 0 aliphatic carbocycles. The second-order valence-corrected chi connectivity index (χ2v) is 5.30. The maximum atomic E-state index is 8.91. The Bertz CT molecular complexity index is 870. The van der Waals surface area contributed by atoms with Crippen molar-refractivity contribution < 1.29 is 0 Å². The van der Waals surface area contributed by atoms with Gasteiger partial charge < -0.3 is 4.98 Å². The number of nitrogens with zero attached hydrogens (tertiary/aromatic N) is 2. The van der Waals surface area contributed by atoms with Crippen molar-refractivity contribution in [1.29, 1.82) is 5.26 Å². The summed E-state index contributed by atoms with van der Waals surface area (Å²) >= 11 is 8.87. The summed E-state index contributed by atoms with van der Waals surface area (Å²) < 4.78 is 3.43. The Balaban J connectivity index is 2.34. The summed E-state index contributed by atoms with van der Waals surface area (Å²) in [6.07, 6.45) is 0. The van der Waals surface area contributed by atoms with Crippen LogP contribution in [0.2, 0.25) is 0 Å². The van der Waals surface area contributed by atoms with Gasteiger partial charge >= 0.3 is 0 Å². The third-order valence-corrected chi connectivity index (χ3v) is 3.83. The number of hydrogen-bond donors (Lipinski definition) is 1. The van der Waals surface area contributed by atoms with E-state index in [1.807, 2.05) is 34.9 Å². The number of para-hydroxylation sites is 2. The smallest absolute Gasteiger partial charge is 0.182 e. The van der Waals surface area contributed by atoms with Crippen LogP contribution in [0, 0.1) is 16.1 Å². The number of hydrogen-bond acceptors (Lipinski definition) is 2. The number of benzene rings is 2. The summed E-state index contributed by atoms with van der Waals surface area (Å²) in [7, 11) is 0. The molecule has 0 unspecified atom stereocenters. The Morgan fingerprint density at radius 3 is 2.74 bits per heavy atom. The first-order valence-electron chi connectivity index (χ1n) is 5.60. The molecule has 92 valence electrons. The van der Waals surface area contributed by atoms with Crippen molar-refractivity contribution in [2.75, 3.05) is 0 Å². The fourth-order valence-electron chi connectivity index (χ4n) is 2.05. The summed E-state index contributed by atoms with van der Waals surface area (Å²) in [5.41, 5.74) is 3.53. The molecule has 0 amide bonds. The standard InChI is InChI=1S/C14H8BrN3S/c15-10-7-9(8-16)5-6-12(10)18-13-4-2-1-3-11(13)17-14(18)19/h1-7H,(H,17,19). The molecule has 2 aromatic carbocycles. The molecule has 0 saturated heterocycles. The molecule has 0 atom stereocenters. The van der Waals surface area contributed by atoms with Gasteiger partial charge in [0.05, 0.1) is 28.4 Å². The van der Waals surface area contributed by atoms with Crippen LogP contribution in [-0.4, -0.2) is 9.55 Å². The molecule has 0 aliphatic rings. The van der Waals surface area contributed by atoms with Crippen molar-refractivity contribution in [1.82, 2.24) is 9.55 Å². The number of rotatable bonds is 1. The summed E-state index contributed by atoms with van der Waals surface area (Å²) in [5, 5.41) is 8.91. The highest BCUT2D eigenvalue weighted by atomic mass is 79.9. The molecule has 0 aliphatic heterocycles. The molecule has 5 heteroatoms.